The lowest BCUT2D eigenvalue weighted by atomic mass is 10.2. The summed E-state index contributed by atoms with van der Waals surface area (Å²) < 4.78 is 35.3. The molecule has 2 aromatic heterocycles. The monoisotopic (exact) mass is 494 g/mol. The van der Waals surface area contributed by atoms with E-state index in [-0.39, 0.29) is 28.1 Å². The van der Waals surface area contributed by atoms with Crippen molar-refractivity contribution < 1.29 is 27.5 Å². The molecule has 1 N–H and O–H groups in total. The molecule has 176 valence electrons. The van der Waals surface area contributed by atoms with Crippen LogP contribution in [0.4, 0.5) is 5.00 Å². The van der Waals surface area contributed by atoms with Gasteiger partial charge in [-0.2, -0.15) is 14.1 Å². The molecule has 0 fully saturated rings. The molecule has 0 bridgehead atoms. The first-order chi connectivity index (χ1) is 15.6. The summed E-state index contributed by atoms with van der Waals surface area (Å²) in [5.74, 6) is -0.800. The molecule has 0 radical (unpaired) electrons. The van der Waals surface area contributed by atoms with E-state index in [1.165, 1.54) is 19.5 Å². The van der Waals surface area contributed by atoms with Crippen LogP contribution in [-0.2, 0) is 19.6 Å². The molecule has 0 saturated heterocycles. The Hall–Kier alpha value is -3.29. The van der Waals surface area contributed by atoms with Crippen molar-refractivity contribution in [3.05, 3.63) is 45.7 Å². The van der Waals surface area contributed by atoms with Crippen molar-refractivity contribution in [1.29, 1.82) is 0 Å². The summed E-state index contributed by atoms with van der Waals surface area (Å²) >= 11 is 1.02. The van der Waals surface area contributed by atoms with Crippen LogP contribution in [0.2, 0.25) is 0 Å². The van der Waals surface area contributed by atoms with E-state index < -0.39 is 34.0 Å². The van der Waals surface area contributed by atoms with E-state index in [4.69, 9.17) is 9.47 Å². The van der Waals surface area contributed by atoms with Gasteiger partial charge in [0.1, 0.15) is 10.8 Å². The van der Waals surface area contributed by atoms with E-state index in [0.717, 1.165) is 26.6 Å². The topological polar surface area (TPSA) is 137 Å². The van der Waals surface area contributed by atoms with Crippen molar-refractivity contribution in [3.63, 3.8) is 0 Å². The van der Waals surface area contributed by atoms with E-state index in [9.17, 15) is 22.8 Å². The lowest BCUT2D eigenvalue weighted by Gasteiger charge is -2.13. The van der Waals surface area contributed by atoms with Gasteiger partial charge in [-0.1, -0.05) is 0 Å². The molecule has 0 saturated carbocycles. The van der Waals surface area contributed by atoms with Crippen LogP contribution < -0.4 is 15.6 Å². The fourth-order valence-electron chi connectivity index (χ4n) is 2.88. The SMILES string of the molecule is CCOC(=O)c1nn(-c2ccc(OC)cc2)c(=O)c2c(NC(=O)CN(C)S(C)(=O)=O)scc12. The summed E-state index contributed by atoms with van der Waals surface area (Å²) in [5.41, 5.74) is -0.294. The Labute approximate surface area is 193 Å². The van der Waals surface area contributed by atoms with Gasteiger partial charge in [0.2, 0.25) is 15.9 Å². The highest BCUT2D eigenvalue weighted by Crippen LogP contribution is 2.30. The smallest absolute Gasteiger partial charge is 0.359 e. The summed E-state index contributed by atoms with van der Waals surface area (Å²) in [7, 11) is -0.801. The molecule has 0 spiro atoms. The van der Waals surface area contributed by atoms with Crippen molar-refractivity contribution in [3.8, 4) is 11.4 Å². The zero-order valence-electron chi connectivity index (χ0n) is 18.3. The number of fused-ring (bicyclic) bond motifs is 1. The number of likely N-dealkylation sites (N-methyl/N-ethyl adjacent to an activating group) is 1. The molecule has 0 unspecified atom stereocenters. The van der Waals surface area contributed by atoms with Gasteiger partial charge < -0.3 is 14.8 Å². The molecule has 3 rings (SSSR count). The molecule has 11 nitrogen and oxygen atoms in total. The summed E-state index contributed by atoms with van der Waals surface area (Å²) in [6.07, 6.45) is 0.978. The summed E-state index contributed by atoms with van der Waals surface area (Å²) in [4.78, 5) is 38.3. The Morgan fingerprint density at radius 2 is 1.91 bits per heavy atom. The van der Waals surface area contributed by atoms with Crippen molar-refractivity contribution >= 4 is 49.0 Å². The number of nitrogens with one attached hydrogen (secondary N) is 1. The van der Waals surface area contributed by atoms with Gasteiger partial charge in [0.25, 0.3) is 5.56 Å². The van der Waals surface area contributed by atoms with Crippen molar-refractivity contribution in [1.82, 2.24) is 14.1 Å². The highest BCUT2D eigenvalue weighted by atomic mass is 32.2. The number of hydrogen-bond donors (Lipinski definition) is 1. The molecular weight excluding hydrogens is 472 g/mol. The van der Waals surface area contributed by atoms with Crippen LogP contribution >= 0.6 is 11.3 Å². The van der Waals surface area contributed by atoms with Gasteiger partial charge in [0, 0.05) is 17.8 Å². The van der Waals surface area contributed by atoms with Crippen LogP contribution in [-0.4, -0.2) is 67.9 Å². The fourth-order valence-corrected chi connectivity index (χ4v) is 4.18. The highest BCUT2D eigenvalue weighted by Gasteiger charge is 2.24. The maximum atomic E-state index is 13.3. The van der Waals surface area contributed by atoms with E-state index in [2.05, 4.69) is 10.4 Å². The predicted octanol–water partition coefficient (Wildman–Crippen LogP) is 1.46. The number of sulfonamides is 1. The minimum atomic E-state index is -3.57. The molecule has 0 aliphatic rings. The third kappa shape index (κ3) is 5.21. The molecule has 33 heavy (non-hydrogen) atoms. The van der Waals surface area contributed by atoms with Gasteiger partial charge in [-0.3, -0.25) is 9.59 Å². The Morgan fingerprint density at radius 3 is 2.48 bits per heavy atom. The number of carbonyl (C=O) groups excluding carboxylic acids is 2. The quantitative estimate of drug-likeness (QED) is 0.465. The molecule has 1 aromatic carbocycles. The number of hydrogen-bond acceptors (Lipinski definition) is 9. The fraction of sp³-hybridized carbons (Fsp3) is 0.300. The van der Waals surface area contributed by atoms with Gasteiger partial charge in [-0.05, 0) is 31.2 Å². The average Bonchev–Trinajstić information content (AvgIpc) is 3.17. The van der Waals surface area contributed by atoms with Crippen LogP contribution in [0.3, 0.4) is 0 Å². The lowest BCUT2D eigenvalue weighted by molar-refractivity contribution is -0.116. The molecule has 3 aromatic rings. The zero-order chi connectivity index (χ0) is 24.3. The second kappa shape index (κ2) is 9.68. The molecular formula is C20H22N4O7S2. The Bertz CT molecular complexity index is 1360. The largest absolute Gasteiger partial charge is 0.497 e. The number of rotatable bonds is 8. The third-order valence-corrected chi connectivity index (χ3v) is 6.78. The molecule has 1 amide bonds. The Balaban J connectivity index is 2.13. The summed E-state index contributed by atoms with van der Waals surface area (Å²) in [5, 5.41) is 8.74. The van der Waals surface area contributed by atoms with E-state index in [1.807, 2.05) is 0 Å². The number of benzene rings is 1. The van der Waals surface area contributed by atoms with Crippen molar-refractivity contribution in [2.75, 3.05) is 38.9 Å². The highest BCUT2D eigenvalue weighted by molar-refractivity contribution is 7.88. The second-order valence-electron chi connectivity index (χ2n) is 6.90. The third-order valence-electron chi connectivity index (χ3n) is 4.62. The van der Waals surface area contributed by atoms with E-state index in [0.29, 0.717) is 11.4 Å². The molecule has 2 heterocycles. The van der Waals surface area contributed by atoms with Crippen LogP contribution in [0.25, 0.3) is 16.5 Å². The van der Waals surface area contributed by atoms with E-state index >= 15 is 0 Å². The maximum absolute atomic E-state index is 13.3. The number of nitrogens with zero attached hydrogens (tertiary/aromatic N) is 3. The minimum absolute atomic E-state index is 0.0595. The summed E-state index contributed by atoms with van der Waals surface area (Å²) in [6.45, 7) is 1.31. The average molecular weight is 495 g/mol. The lowest BCUT2D eigenvalue weighted by Crippen LogP contribution is -2.34. The molecule has 0 atom stereocenters. The number of carbonyl (C=O) groups is 2. The Kier molecular flexibility index (Phi) is 7.15. The minimum Gasteiger partial charge on any atom is -0.497 e. The van der Waals surface area contributed by atoms with Gasteiger partial charge in [-0.25, -0.2) is 13.2 Å². The van der Waals surface area contributed by atoms with Gasteiger partial charge in [0.15, 0.2) is 5.69 Å². The van der Waals surface area contributed by atoms with Crippen LogP contribution in [0.1, 0.15) is 17.4 Å². The normalized spacial score (nSPS) is 11.5. The predicted molar refractivity (Wildman–Crippen MR) is 124 cm³/mol. The first kappa shape index (κ1) is 24.4. The van der Waals surface area contributed by atoms with Crippen molar-refractivity contribution in [2.45, 2.75) is 6.92 Å². The number of thiophene rings is 1. The first-order valence-corrected chi connectivity index (χ1v) is 12.4. The summed E-state index contributed by atoms with van der Waals surface area (Å²) in [6, 6.07) is 6.46. The number of aromatic nitrogens is 2. The van der Waals surface area contributed by atoms with Gasteiger partial charge in [-0.15, -0.1) is 11.3 Å². The van der Waals surface area contributed by atoms with Gasteiger partial charge >= 0.3 is 5.97 Å². The molecule has 13 heteroatoms. The van der Waals surface area contributed by atoms with E-state index in [1.54, 1.807) is 31.2 Å². The number of esters is 1. The van der Waals surface area contributed by atoms with Crippen LogP contribution in [0.5, 0.6) is 5.75 Å². The number of ether oxygens (including phenoxy) is 2. The van der Waals surface area contributed by atoms with Crippen LogP contribution in [0, 0.1) is 0 Å². The molecule has 0 aliphatic heterocycles. The first-order valence-electron chi connectivity index (χ1n) is 9.64. The maximum Gasteiger partial charge on any atom is 0.359 e. The number of amides is 1. The van der Waals surface area contributed by atoms with Crippen LogP contribution in [0.15, 0.2) is 34.4 Å². The molecule has 0 aliphatic carbocycles. The van der Waals surface area contributed by atoms with Gasteiger partial charge in [0.05, 0.1) is 37.6 Å². The standard InChI is InChI=1S/C20H22N4O7S2/c1-5-31-20(27)17-14-11-32-18(21-15(25)10-23(2)33(4,28)29)16(14)19(26)24(22-17)12-6-8-13(30-3)9-7-12/h6-9,11H,5,10H2,1-4H3,(H,21,25). The number of anilines is 1. The van der Waals surface area contributed by atoms with Crippen molar-refractivity contribution in [2.24, 2.45) is 0 Å². The second-order valence-corrected chi connectivity index (χ2v) is 9.87. The number of methoxy groups -OCH3 is 1. The zero-order valence-corrected chi connectivity index (χ0v) is 19.9. The Morgan fingerprint density at radius 1 is 1.24 bits per heavy atom.